The van der Waals surface area contributed by atoms with Gasteiger partial charge < -0.3 is 14.6 Å². The SMILES string of the molecule is CCCCc1ccc(N2C(=O)S/C(=C\c3cc(OC)c(O)c(OC)c3)C2=O)cc1. The van der Waals surface area contributed by atoms with Crippen LogP contribution in [0.1, 0.15) is 30.9 Å². The topological polar surface area (TPSA) is 76.1 Å². The second-order valence-electron chi connectivity index (χ2n) is 6.56. The second kappa shape index (κ2) is 9.05. The highest BCUT2D eigenvalue weighted by molar-refractivity contribution is 8.19. The van der Waals surface area contributed by atoms with E-state index < -0.39 is 0 Å². The van der Waals surface area contributed by atoms with E-state index in [0.29, 0.717) is 16.2 Å². The number of thioether (sulfide) groups is 1. The highest BCUT2D eigenvalue weighted by Gasteiger charge is 2.36. The molecule has 2 amide bonds. The zero-order chi connectivity index (χ0) is 21.0. The molecule has 2 aromatic rings. The number of anilines is 1. The van der Waals surface area contributed by atoms with Crippen molar-refractivity contribution in [3.05, 3.63) is 52.4 Å². The van der Waals surface area contributed by atoms with E-state index in [-0.39, 0.29) is 28.4 Å². The Hall–Kier alpha value is -2.93. The van der Waals surface area contributed by atoms with Gasteiger partial charge in [-0.1, -0.05) is 25.5 Å². The number of aromatic hydroxyl groups is 1. The average Bonchev–Trinajstić information content (AvgIpc) is 3.00. The van der Waals surface area contributed by atoms with Gasteiger partial charge in [0.15, 0.2) is 11.5 Å². The summed E-state index contributed by atoms with van der Waals surface area (Å²) in [7, 11) is 2.85. The van der Waals surface area contributed by atoms with Crippen molar-refractivity contribution in [1.82, 2.24) is 0 Å². The van der Waals surface area contributed by atoms with Gasteiger partial charge in [0.2, 0.25) is 5.75 Å². The number of rotatable bonds is 7. The first-order valence-corrected chi connectivity index (χ1v) is 10.1. The molecule has 2 aromatic carbocycles. The van der Waals surface area contributed by atoms with Crippen LogP contribution in [0.5, 0.6) is 17.2 Å². The maximum atomic E-state index is 12.9. The first kappa shape index (κ1) is 20.8. The number of nitrogens with zero attached hydrogens (tertiary/aromatic N) is 1. The fourth-order valence-corrected chi connectivity index (χ4v) is 3.87. The van der Waals surface area contributed by atoms with Crippen LogP contribution in [-0.2, 0) is 11.2 Å². The number of ether oxygens (including phenoxy) is 2. The van der Waals surface area contributed by atoms with Crippen LogP contribution >= 0.6 is 11.8 Å². The van der Waals surface area contributed by atoms with Crippen molar-refractivity contribution < 1.29 is 24.2 Å². The number of hydrogen-bond donors (Lipinski definition) is 1. The lowest BCUT2D eigenvalue weighted by atomic mass is 10.1. The van der Waals surface area contributed by atoms with Crippen molar-refractivity contribution in [3.8, 4) is 17.2 Å². The number of phenolic OH excluding ortho intramolecular Hbond substituents is 1. The molecule has 3 rings (SSSR count). The summed E-state index contributed by atoms with van der Waals surface area (Å²) >= 11 is 0.875. The number of phenols is 1. The van der Waals surface area contributed by atoms with E-state index in [0.717, 1.165) is 31.0 Å². The molecule has 29 heavy (non-hydrogen) atoms. The van der Waals surface area contributed by atoms with E-state index in [1.807, 2.05) is 12.1 Å². The van der Waals surface area contributed by atoms with Crippen LogP contribution in [0.15, 0.2) is 41.3 Å². The molecule has 0 aliphatic carbocycles. The predicted octanol–water partition coefficient (Wildman–Crippen LogP) is 4.99. The molecule has 0 aromatic heterocycles. The predicted molar refractivity (Wildman–Crippen MR) is 115 cm³/mol. The molecule has 0 spiro atoms. The smallest absolute Gasteiger partial charge is 0.298 e. The summed E-state index contributed by atoms with van der Waals surface area (Å²) in [6, 6.07) is 10.7. The third kappa shape index (κ3) is 4.40. The molecule has 1 N–H and O–H groups in total. The monoisotopic (exact) mass is 413 g/mol. The Bertz CT molecular complexity index is 927. The van der Waals surface area contributed by atoms with Gasteiger partial charge in [-0.2, -0.15) is 0 Å². The number of unbranched alkanes of at least 4 members (excludes halogenated alkanes) is 1. The maximum Gasteiger partial charge on any atom is 0.298 e. The van der Waals surface area contributed by atoms with Crippen molar-refractivity contribution in [2.24, 2.45) is 0 Å². The molecule has 0 radical (unpaired) electrons. The Morgan fingerprint density at radius 3 is 2.24 bits per heavy atom. The molecular formula is C22H23NO5S. The van der Waals surface area contributed by atoms with E-state index in [2.05, 4.69) is 6.92 Å². The van der Waals surface area contributed by atoms with E-state index in [1.54, 1.807) is 30.3 Å². The van der Waals surface area contributed by atoms with Gasteiger partial charge in [-0.15, -0.1) is 0 Å². The van der Waals surface area contributed by atoms with Gasteiger partial charge in [0.05, 0.1) is 24.8 Å². The van der Waals surface area contributed by atoms with Crippen molar-refractivity contribution >= 4 is 34.7 Å². The fourth-order valence-electron chi connectivity index (χ4n) is 3.03. The van der Waals surface area contributed by atoms with Crippen LogP contribution < -0.4 is 14.4 Å². The van der Waals surface area contributed by atoms with E-state index in [1.165, 1.54) is 24.7 Å². The molecule has 6 nitrogen and oxygen atoms in total. The molecule has 0 unspecified atom stereocenters. The molecular weight excluding hydrogens is 390 g/mol. The van der Waals surface area contributed by atoms with Crippen LogP contribution in [0.4, 0.5) is 10.5 Å². The molecule has 1 saturated heterocycles. The van der Waals surface area contributed by atoms with Crippen molar-refractivity contribution in [2.45, 2.75) is 26.2 Å². The quantitative estimate of drug-likeness (QED) is 0.644. The Balaban J connectivity index is 1.87. The van der Waals surface area contributed by atoms with Gasteiger partial charge in [0, 0.05) is 0 Å². The lowest BCUT2D eigenvalue weighted by Gasteiger charge is -2.13. The largest absolute Gasteiger partial charge is 0.502 e. The van der Waals surface area contributed by atoms with Gasteiger partial charge in [-0.3, -0.25) is 9.59 Å². The first-order valence-electron chi connectivity index (χ1n) is 9.30. The van der Waals surface area contributed by atoms with E-state index >= 15 is 0 Å². The highest BCUT2D eigenvalue weighted by Crippen LogP contribution is 2.40. The molecule has 0 bridgehead atoms. The van der Waals surface area contributed by atoms with Crippen LogP contribution in [0.2, 0.25) is 0 Å². The number of hydrogen-bond acceptors (Lipinski definition) is 6. The van der Waals surface area contributed by atoms with Crippen LogP contribution in [0.25, 0.3) is 6.08 Å². The van der Waals surface area contributed by atoms with Crippen LogP contribution in [0.3, 0.4) is 0 Å². The minimum absolute atomic E-state index is 0.122. The molecule has 152 valence electrons. The highest BCUT2D eigenvalue weighted by atomic mass is 32.2. The summed E-state index contributed by atoms with van der Waals surface area (Å²) in [5.74, 6) is -0.0641. The number of methoxy groups -OCH3 is 2. The molecule has 1 heterocycles. The number of imide groups is 1. The zero-order valence-electron chi connectivity index (χ0n) is 16.6. The van der Waals surface area contributed by atoms with Crippen molar-refractivity contribution in [3.63, 3.8) is 0 Å². The minimum atomic E-state index is -0.382. The van der Waals surface area contributed by atoms with E-state index in [4.69, 9.17) is 9.47 Å². The van der Waals surface area contributed by atoms with Gasteiger partial charge in [-0.25, -0.2) is 4.90 Å². The zero-order valence-corrected chi connectivity index (χ0v) is 17.4. The first-order chi connectivity index (χ1) is 14.0. The van der Waals surface area contributed by atoms with Crippen LogP contribution in [-0.4, -0.2) is 30.5 Å². The molecule has 1 fully saturated rings. The lowest BCUT2D eigenvalue weighted by molar-refractivity contribution is -0.113. The van der Waals surface area contributed by atoms with Crippen LogP contribution in [0, 0.1) is 0 Å². The summed E-state index contributed by atoms with van der Waals surface area (Å²) in [6.07, 6.45) is 4.78. The Kier molecular flexibility index (Phi) is 6.49. The third-order valence-electron chi connectivity index (χ3n) is 4.61. The number of amides is 2. The number of benzene rings is 2. The normalized spacial score (nSPS) is 15.3. The Morgan fingerprint density at radius 2 is 1.69 bits per heavy atom. The maximum absolute atomic E-state index is 12.9. The summed E-state index contributed by atoms with van der Waals surface area (Å²) in [5.41, 5.74) is 2.32. The molecule has 1 aliphatic rings. The van der Waals surface area contributed by atoms with E-state index in [9.17, 15) is 14.7 Å². The van der Waals surface area contributed by atoms with Gasteiger partial charge in [0.1, 0.15) is 0 Å². The van der Waals surface area contributed by atoms with Gasteiger partial charge in [-0.05, 0) is 66.1 Å². The summed E-state index contributed by atoms with van der Waals surface area (Å²) in [4.78, 5) is 26.8. The van der Waals surface area contributed by atoms with Crippen molar-refractivity contribution in [2.75, 3.05) is 19.1 Å². The summed E-state index contributed by atoms with van der Waals surface area (Å²) in [5, 5.41) is 9.68. The Labute approximate surface area is 174 Å². The second-order valence-corrected chi connectivity index (χ2v) is 7.55. The number of carbonyl (C=O) groups is 2. The van der Waals surface area contributed by atoms with Crippen molar-refractivity contribution in [1.29, 1.82) is 0 Å². The Morgan fingerprint density at radius 1 is 1.07 bits per heavy atom. The van der Waals surface area contributed by atoms with Gasteiger partial charge in [0.25, 0.3) is 11.1 Å². The number of carbonyl (C=O) groups excluding carboxylic acids is 2. The number of aryl methyl sites for hydroxylation is 1. The third-order valence-corrected chi connectivity index (χ3v) is 5.48. The molecule has 0 atom stereocenters. The standard InChI is InChI=1S/C22H23NO5S/c1-4-5-6-14-7-9-16(10-8-14)23-21(25)19(29-22(23)26)13-15-11-17(27-2)20(24)18(12-15)28-3/h7-13,24H,4-6H2,1-3H3/b19-13-. The molecule has 0 saturated carbocycles. The molecule has 7 heteroatoms. The minimum Gasteiger partial charge on any atom is -0.502 e. The molecule has 1 aliphatic heterocycles. The lowest BCUT2D eigenvalue weighted by Crippen LogP contribution is -2.27. The average molecular weight is 413 g/mol. The summed E-state index contributed by atoms with van der Waals surface area (Å²) < 4.78 is 10.3. The summed E-state index contributed by atoms with van der Waals surface area (Å²) in [6.45, 7) is 2.14. The fraction of sp³-hybridized carbons (Fsp3) is 0.273. The van der Waals surface area contributed by atoms with Gasteiger partial charge >= 0.3 is 0 Å².